The molecular weight excluding hydrogens is 262 g/mol. The molecule has 0 radical (unpaired) electrons. The lowest BCUT2D eigenvalue weighted by molar-refractivity contribution is 0.118. The van der Waals surface area contributed by atoms with E-state index in [2.05, 4.69) is 22.4 Å². The highest BCUT2D eigenvalue weighted by molar-refractivity contribution is 6.33. The average molecular weight is 278 g/mol. The van der Waals surface area contributed by atoms with Crippen molar-refractivity contribution in [1.29, 1.82) is 0 Å². The van der Waals surface area contributed by atoms with Gasteiger partial charge in [-0.05, 0) is 54.3 Å². The number of nitrogens with two attached hydrogens (primary N) is 1. The Balaban J connectivity index is 2.12. The van der Waals surface area contributed by atoms with Gasteiger partial charge in [-0.25, -0.2) is 4.68 Å². The normalized spacial score (nSPS) is 17.2. The van der Waals surface area contributed by atoms with Crippen LogP contribution < -0.4 is 5.73 Å². The van der Waals surface area contributed by atoms with Crippen LogP contribution in [-0.2, 0) is 5.54 Å². The Morgan fingerprint density at radius 2 is 2.21 bits per heavy atom. The molecule has 0 amide bonds. The summed E-state index contributed by atoms with van der Waals surface area (Å²) in [7, 11) is 0. The molecule has 1 saturated carbocycles. The van der Waals surface area contributed by atoms with Gasteiger partial charge in [0.05, 0.1) is 10.6 Å². The third-order valence-electron chi connectivity index (χ3n) is 4.09. The number of aromatic nitrogens is 4. The summed E-state index contributed by atoms with van der Waals surface area (Å²) in [5.74, 6) is 0.707. The monoisotopic (exact) mass is 277 g/mol. The number of benzene rings is 1. The predicted molar refractivity (Wildman–Crippen MR) is 74.8 cm³/mol. The van der Waals surface area contributed by atoms with Crippen LogP contribution >= 0.6 is 11.6 Å². The number of anilines is 1. The van der Waals surface area contributed by atoms with Crippen molar-refractivity contribution in [3.8, 4) is 11.4 Å². The molecule has 0 saturated heterocycles. The van der Waals surface area contributed by atoms with Crippen molar-refractivity contribution < 1.29 is 0 Å². The van der Waals surface area contributed by atoms with Crippen LogP contribution in [0.5, 0.6) is 0 Å². The fraction of sp³-hybridized carbons (Fsp3) is 0.462. The van der Waals surface area contributed by atoms with Gasteiger partial charge in [0.15, 0.2) is 5.82 Å². The third kappa shape index (κ3) is 1.89. The van der Waals surface area contributed by atoms with Crippen molar-refractivity contribution in [3.05, 3.63) is 23.2 Å². The fourth-order valence-electron chi connectivity index (χ4n) is 2.69. The van der Waals surface area contributed by atoms with E-state index < -0.39 is 0 Å². The molecule has 0 unspecified atom stereocenters. The first-order valence-electron chi connectivity index (χ1n) is 6.50. The predicted octanol–water partition coefficient (Wildman–Crippen LogP) is 2.86. The first-order valence-corrected chi connectivity index (χ1v) is 6.88. The lowest BCUT2D eigenvalue weighted by Gasteiger charge is -2.41. The van der Waals surface area contributed by atoms with E-state index in [4.69, 9.17) is 17.3 Å². The van der Waals surface area contributed by atoms with Gasteiger partial charge in [-0.15, -0.1) is 5.10 Å². The summed E-state index contributed by atoms with van der Waals surface area (Å²) >= 11 is 6.25. The summed E-state index contributed by atoms with van der Waals surface area (Å²) in [6, 6.07) is 5.39. The lowest BCUT2D eigenvalue weighted by Crippen LogP contribution is -2.41. The third-order valence-corrected chi connectivity index (χ3v) is 4.42. The van der Waals surface area contributed by atoms with Crippen molar-refractivity contribution in [2.45, 2.75) is 38.1 Å². The highest BCUT2D eigenvalue weighted by Gasteiger charge is 2.40. The van der Waals surface area contributed by atoms with Gasteiger partial charge in [0.25, 0.3) is 0 Å². The summed E-state index contributed by atoms with van der Waals surface area (Å²) in [6.07, 6.45) is 4.46. The Labute approximate surface area is 116 Å². The number of nitrogen functional groups attached to an aromatic ring is 1. The first kappa shape index (κ1) is 12.4. The molecular formula is C13H16ClN5. The highest BCUT2D eigenvalue weighted by Crippen LogP contribution is 2.43. The number of tetrazole rings is 1. The van der Waals surface area contributed by atoms with Crippen LogP contribution in [0.1, 0.15) is 32.6 Å². The molecule has 1 aromatic carbocycles. The van der Waals surface area contributed by atoms with Crippen molar-refractivity contribution in [2.75, 3.05) is 5.73 Å². The Hall–Kier alpha value is -1.62. The number of nitrogens with zero attached hydrogens (tertiary/aromatic N) is 4. The Kier molecular flexibility index (Phi) is 2.93. The van der Waals surface area contributed by atoms with E-state index in [9.17, 15) is 0 Å². The molecule has 1 fully saturated rings. The Bertz CT molecular complexity index is 597. The van der Waals surface area contributed by atoms with E-state index in [-0.39, 0.29) is 5.54 Å². The molecule has 0 atom stereocenters. The van der Waals surface area contributed by atoms with Gasteiger partial charge in [-0.2, -0.15) is 0 Å². The maximum Gasteiger partial charge on any atom is 0.184 e. The summed E-state index contributed by atoms with van der Waals surface area (Å²) in [6.45, 7) is 2.17. The van der Waals surface area contributed by atoms with Crippen LogP contribution in [-0.4, -0.2) is 20.2 Å². The van der Waals surface area contributed by atoms with E-state index in [1.165, 1.54) is 6.42 Å². The zero-order valence-corrected chi connectivity index (χ0v) is 11.6. The zero-order chi connectivity index (χ0) is 13.5. The molecule has 0 bridgehead atoms. The first-order chi connectivity index (χ1) is 9.16. The Morgan fingerprint density at radius 1 is 1.42 bits per heavy atom. The number of hydrogen-bond donors (Lipinski definition) is 1. The van der Waals surface area contributed by atoms with Gasteiger partial charge in [0.1, 0.15) is 0 Å². The van der Waals surface area contributed by atoms with Gasteiger partial charge in [-0.3, -0.25) is 0 Å². The van der Waals surface area contributed by atoms with Crippen LogP contribution in [0.15, 0.2) is 18.2 Å². The SMILES string of the molecule is CCC1(n2nnnc2-c2cc(N)ccc2Cl)CCC1. The summed E-state index contributed by atoms with van der Waals surface area (Å²) in [4.78, 5) is 0. The molecule has 1 aliphatic carbocycles. The zero-order valence-electron chi connectivity index (χ0n) is 10.8. The van der Waals surface area contributed by atoms with Gasteiger partial charge < -0.3 is 5.73 Å². The average Bonchev–Trinajstić information content (AvgIpc) is 2.81. The smallest absolute Gasteiger partial charge is 0.184 e. The van der Waals surface area contributed by atoms with Crippen LogP contribution in [0.25, 0.3) is 11.4 Å². The minimum atomic E-state index is 0.0484. The minimum Gasteiger partial charge on any atom is -0.399 e. The van der Waals surface area contributed by atoms with Gasteiger partial charge >= 0.3 is 0 Å². The largest absolute Gasteiger partial charge is 0.399 e. The molecule has 100 valence electrons. The summed E-state index contributed by atoms with van der Waals surface area (Å²) in [5.41, 5.74) is 7.34. The van der Waals surface area contributed by atoms with Crippen LogP contribution in [0, 0.1) is 0 Å². The quantitative estimate of drug-likeness (QED) is 0.876. The minimum absolute atomic E-state index is 0.0484. The van der Waals surface area contributed by atoms with Crippen LogP contribution in [0.2, 0.25) is 5.02 Å². The van der Waals surface area contributed by atoms with E-state index >= 15 is 0 Å². The molecule has 6 heteroatoms. The molecule has 1 aromatic heterocycles. The van der Waals surface area contributed by atoms with E-state index in [0.717, 1.165) is 24.8 Å². The van der Waals surface area contributed by atoms with E-state index in [1.807, 2.05) is 10.7 Å². The maximum atomic E-state index is 6.25. The molecule has 0 aliphatic heterocycles. The van der Waals surface area contributed by atoms with Crippen molar-refractivity contribution in [3.63, 3.8) is 0 Å². The summed E-state index contributed by atoms with van der Waals surface area (Å²) in [5, 5.41) is 12.8. The van der Waals surface area contributed by atoms with Gasteiger partial charge in [-0.1, -0.05) is 18.5 Å². The van der Waals surface area contributed by atoms with Gasteiger partial charge in [0.2, 0.25) is 0 Å². The topological polar surface area (TPSA) is 69.6 Å². The second-order valence-electron chi connectivity index (χ2n) is 5.09. The number of hydrogen-bond acceptors (Lipinski definition) is 4. The molecule has 2 aromatic rings. The molecule has 19 heavy (non-hydrogen) atoms. The molecule has 2 N–H and O–H groups in total. The molecule has 3 rings (SSSR count). The van der Waals surface area contributed by atoms with Crippen molar-refractivity contribution >= 4 is 17.3 Å². The fourth-order valence-corrected chi connectivity index (χ4v) is 2.89. The second kappa shape index (κ2) is 4.49. The van der Waals surface area contributed by atoms with Gasteiger partial charge in [0, 0.05) is 11.3 Å². The molecule has 5 nitrogen and oxygen atoms in total. The molecule has 1 aliphatic rings. The van der Waals surface area contributed by atoms with Crippen molar-refractivity contribution in [2.24, 2.45) is 0 Å². The standard InChI is InChI=1S/C13H16ClN5/c1-2-13(6-3-7-13)19-12(16-17-18-19)10-8-9(15)4-5-11(10)14/h4-5,8H,2-3,6-7,15H2,1H3. The van der Waals surface area contributed by atoms with Crippen LogP contribution in [0.4, 0.5) is 5.69 Å². The number of rotatable bonds is 3. The molecule has 1 heterocycles. The lowest BCUT2D eigenvalue weighted by atomic mass is 9.75. The van der Waals surface area contributed by atoms with Crippen LogP contribution in [0.3, 0.4) is 0 Å². The number of halogens is 1. The Morgan fingerprint density at radius 3 is 2.84 bits per heavy atom. The summed E-state index contributed by atoms with van der Waals surface area (Å²) < 4.78 is 1.93. The van der Waals surface area contributed by atoms with E-state index in [0.29, 0.717) is 16.5 Å². The maximum absolute atomic E-state index is 6.25. The molecule has 0 spiro atoms. The van der Waals surface area contributed by atoms with Crippen molar-refractivity contribution in [1.82, 2.24) is 20.2 Å². The second-order valence-corrected chi connectivity index (χ2v) is 5.49. The van der Waals surface area contributed by atoms with E-state index in [1.54, 1.807) is 12.1 Å². The highest BCUT2D eigenvalue weighted by atomic mass is 35.5.